The molecule has 2 rings (SSSR count). The smallest absolute Gasteiger partial charge is 0.0427 e. The van der Waals surface area contributed by atoms with Crippen LogP contribution >= 0.6 is 23.4 Å². The number of rotatable bonds is 4. The molecule has 0 bridgehead atoms. The molecular formula is C17H27ClN2S. The fraction of sp³-hybridized carbons (Fsp3) is 0.647. The lowest BCUT2D eigenvalue weighted by atomic mass is 10.1. The molecule has 1 heterocycles. The molecule has 118 valence electrons. The van der Waals surface area contributed by atoms with Gasteiger partial charge in [-0.2, -0.15) is 11.8 Å². The first-order chi connectivity index (χ1) is 9.87. The summed E-state index contributed by atoms with van der Waals surface area (Å²) in [4.78, 5) is 2.50. The maximum Gasteiger partial charge on any atom is 0.0427 e. The number of thioether (sulfide) groups is 1. The Hall–Kier alpha value is -0.380. The Labute approximate surface area is 138 Å². The highest BCUT2D eigenvalue weighted by Crippen LogP contribution is 2.34. The van der Waals surface area contributed by atoms with Crippen LogP contribution in [0.1, 0.15) is 39.7 Å². The topological polar surface area (TPSA) is 15.3 Å². The molecule has 0 saturated carbocycles. The molecule has 1 aromatic carbocycles. The number of halogens is 1. The lowest BCUT2D eigenvalue weighted by Crippen LogP contribution is -2.29. The fourth-order valence-electron chi connectivity index (χ4n) is 2.56. The summed E-state index contributed by atoms with van der Waals surface area (Å²) in [5.41, 5.74) is 2.65. The van der Waals surface area contributed by atoms with Gasteiger partial charge in [-0.1, -0.05) is 45.4 Å². The third kappa shape index (κ3) is 5.08. The van der Waals surface area contributed by atoms with Crippen LogP contribution < -0.4 is 10.2 Å². The van der Waals surface area contributed by atoms with E-state index >= 15 is 0 Å². The molecule has 0 aromatic heterocycles. The summed E-state index contributed by atoms with van der Waals surface area (Å²) in [7, 11) is 0. The van der Waals surface area contributed by atoms with Gasteiger partial charge in [0.25, 0.3) is 0 Å². The van der Waals surface area contributed by atoms with Crippen molar-refractivity contribution in [2.75, 3.05) is 23.7 Å². The second kappa shape index (κ2) is 7.26. The number of hydrogen-bond donors (Lipinski definition) is 1. The molecule has 1 saturated heterocycles. The zero-order valence-corrected chi connectivity index (χ0v) is 15.2. The Morgan fingerprint density at radius 3 is 2.81 bits per heavy atom. The van der Waals surface area contributed by atoms with Gasteiger partial charge >= 0.3 is 0 Å². The summed E-state index contributed by atoms with van der Waals surface area (Å²) in [6, 6.07) is 6.78. The summed E-state index contributed by atoms with van der Waals surface area (Å²) in [5.74, 6) is 1.18. The van der Waals surface area contributed by atoms with E-state index in [1.54, 1.807) is 0 Å². The van der Waals surface area contributed by atoms with Crippen LogP contribution in [0, 0.1) is 0 Å². The van der Waals surface area contributed by atoms with Crippen LogP contribution in [0.25, 0.3) is 0 Å². The largest absolute Gasteiger partial charge is 0.370 e. The standard InChI is InChI=1S/C17H27ClN2S/c1-13(2)19-12-14-5-6-15(18)11-16(14)20-8-7-17(3,4)21-10-9-20/h5-6,11,13,19H,7-10,12H2,1-4H3. The van der Waals surface area contributed by atoms with Gasteiger partial charge in [-0.25, -0.2) is 0 Å². The third-order valence-corrected chi connectivity index (χ3v) is 5.53. The van der Waals surface area contributed by atoms with Gasteiger partial charge in [0.2, 0.25) is 0 Å². The van der Waals surface area contributed by atoms with E-state index in [0.29, 0.717) is 10.8 Å². The van der Waals surface area contributed by atoms with Crippen molar-refractivity contribution in [3.05, 3.63) is 28.8 Å². The number of benzene rings is 1. The van der Waals surface area contributed by atoms with Gasteiger partial charge < -0.3 is 10.2 Å². The quantitative estimate of drug-likeness (QED) is 0.873. The van der Waals surface area contributed by atoms with Crippen molar-refractivity contribution in [2.24, 2.45) is 0 Å². The highest BCUT2D eigenvalue weighted by Gasteiger charge is 2.24. The molecule has 2 nitrogen and oxygen atoms in total. The molecule has 1 aliphatic rings. The normalized spacial score (nSPS) is 18.9. The van der Waals surface area contributed by atoms with Crippen LogP contribution in [0.2, 0.25) is 5.02 Å². The van der Waals surface area contributed by atoms with Gasteiger partial charge in [0.1, 0.15) is 0 Å². The minimum absolute atomic E-state index is 0.379. The SMILES string of the molecule is CC(C)NCc1ccc(Cl)cc1N1CCSC(C)(C)CC1. The van der Waals surface area contributed by atoms with Gasteiger partial charge in [-0.15, -0.1) is 0 Å². The Balaban J connectivity index is 2.18. The maximum absolute atomic E-state index is 6.24. The van der Waals surface area contributed by atoms with Crippen LogP contribution in [0.15, 0.2) is 18.2 Å². The Morgan fingerprint density at radius 2 is 2.10 bits per heavy atom. The fourth-order valence-corrected chi connectivity index (χ4v) is 3.82. The van der Waals surface area contributed by atoms with Crippen LogP contribution in [-0.2, 0) is 6.54 Å². The van der Waals surface area contributed by atoms with Crippen molar-refractivity contribution in [1.82, 2.24) is 5.32 Å². The van der Waals surface area contributed by atoms with Gasteiger partial charge in [-0.05, 0) is 24.1 Å². The molecule has 0 radical (unpaired) electrons. The monoisotopic (exact) mass is 326 g/mol. The lowest BCUT2D eigenvalue weighted by molar-refractivity contribution is 0.586. The first kappa shape index (κ1) is 17.0. The van der Waals surface area contributed by atoms with E-state index in [2.05, 4.69) is 61.8 Å². The number of anilines is 1. The number of nitrogens with zero attached hydrogens (tertiary/aromatic N) is 1. The van der Waals surface area contributed by atoms with Crippen LogP contribution in [0.4, 0.5) is 5.69 Å². The number of nitrogens with one attached hydrogen (secondary N) is 1. The molecule has 0 unspecified atom stereocenters. The molecule has 21 heavy (non-hydrogen) atoms. The van der Waals surface area contributed by atoms with Crippen molar-refractivity contribution in [2.45, 2.75) is 51.4 Å². The van der Waals surface area contributed by atoms with Crippen molar-refractivity contribution in [3.63, 3.8) is 0 Å². The van der Waals surface area contributed by atoms with Gasteiger partial charge in [0, 0.05) is 46.9 Å². The van der Waals surface area contributed by atoms with Gasteiger partial charge in [-0.3, -0.25) is 0 Å². The van der Waals surface area contributed by atoms with E-state index in [-0.39, 0.29) is 0 Å². The van der Waals surface area contributed by atoms with E-state index in [0.717, 1.165) is 24.7 Å². The second-order valence-corrected chi connectivity index (χ2v) is 8.89. The van der Waals surface area contributed by atoms with E-state index in [1.165, 1.54) is 23.4 Å². The van der Waals surface area contributed by atoms with Gasteiger partial charge in [0.15, 0.2) is 0 Å². The first-order valence-electron chi connectivity index (χ1n) is 7.78. The minimum Gasteiger partial charge on any atom is -0.370 e. The average Bonchev–Trinajstić information content (AvgIpc) is 2.58. The lowest BCUT2D eigenvalue weighted by Gasteiger charge is -2.27. The van der Waals surface area contributed by atoms with E-state index in [1.807, 2.05) is 6.07 Å². The zero-order chi connectivity index (χ0) is 15.5. The van der Waals surface area contributed by atoms with E-state index in [9.17, 15) is 0 Å². The minimum atomic E-state index is 0.379. The van der Waals surface area contributed by atoms with E-state index in [4.69, 9.17) is 11.6 Å². The molecule has 4 heteroatoms. The third-order valence-electron chi connectivity index (χ3n) is 3.93. The predicted molar refractivity (Wildman–Crippen MR) is 96.8 cm³/mol. The summed E-state index contributed by atoms with van der Waals surface area (Å²) in [6.45, 7) is 12.2. The highest BCUT2D eigenvalue weighted by molar-refractivity contribution is 8.00. The Bertz CT molecular complexity index is 474. The summed E-state index contributed by atoms with van der Waals surface area (Å²) in [6.07, 6.45) is 1.21. The molecular weight excluding hydrogens is 300 g/mol. The molecule has 0 aliphatic carbocycles. The molecule has 0 amide bonds. The number of hydrogen-bond acceptors (Lipinski definition) is 3. The Kier molecular flexibility index (Phi) is 5.87. The summed E-state index contributed by atoms with van der Waals surface area (Å²) < 4.78 is 0.379. The van der Waals surface area contributed by atoms with Crippen molar-refractivity contribution in [3.8, 4) is 0 Å². The molecule has 0 atom stereocenters. The zero-order valence-electron chi connectivity index (χ0n) is 13.6. The van der Waals surface area contributed by atoms with Crippen LogP contribution in [0.3, 0.4) is 0 Å². The molecule has 1 fully saturated rings. The highest BCUT2D eigenvalue weighted by atomic mass is 35.5. The summed E-state index contributed by atoms with van der Waals surface area (Å²) in [5, 5.41) is 4.35. The van der Waals surface area contributed by atoms with Crippen molar-refractivity contribution >= 4 is 29.1 Å². The van der Waals surface area contributed by atoms with Crippen molar-refractivity contribution in [1.29, 1.82) is 0 Å². The van der Waals surface area contributed by atoms with Crippen LogP contribution in [-0.4, -0.2) is 29.6 Å². The maximum atomic E-state index is 6.24. The van der Waals surface area contributed by atoms with Gasteiger partial charge in [0.05, 0.1) is 0 Å². The van der Waals surface area contributed by atoms with Crippen LogP contribution in [0.5, 0.6) is 0 Å². The Morgan fingerprint density at radius 1 is 1.33 bits per heavy atom. The molecule has 0 spiro atoms. The predicted octanol–water partition coefficient (Wildman–Crippen LogP) is 4.56. The van der Waals surface area contributed by atoms with Crippen molar-refractivity contribution < 1.29 is 0 Å². The average molecular weight is 327 g/mol. The van der Waals surface area contributed by atoms with E-state index < -0.39 is 0 Å². The molecule has 1 aromatic rings. The first-order valence-corrected chi connectivity index (χ1v) is 9.14. The summed E-state index contributed by atoms with van der Waals surface area (Å²) >= 11 is 8.32. The molecule has 1 N–H and O–H groups in total. The molecule has 1 aliphatic heterocycles. The second-order valence-electron chi connectivity index (χ2n) is 6.65.